The van der Waals surface area contributed by atoms with Crippen molar-refractivity contribution in [1.29, 1.82) is 0 Å². The normalized spacial score (nSPS) is 21.5. The molecule has 250 valence electrons. The van der Waals surface area contributed by atoms with Crippen LogP contribution >= 0.6 is 0 Å². The third-order valence-corrected chi connectivity index (χ3v) is 8.24. The van der Waals surface area contributed by atoms with Gasteiger partial charge in [0.2, 0.25) is 0 Å². The van der Waals surface area contributed by atoms with Crippen LogP contribution in [0.5, 0.6) is 0 Å². The Morgan fingerprint density at radius 2 is 1.74 bits per heavy atom. The minimum Gasteiger partial charge on any atom is -0.397 e. The van der Waals surface area contributed by atoms with Gasteiger partial charge >= 0.3 is 0 Å². The topological polar surface area (TPSA) is 114 Å². The van der Waals surface area contributed by atoms with Crippen LogP contribution in [0.3, 0.4) is 0 Å². The highest BCUT2D eigenvalue weighted by atomic mass is 16.5. The summed E-state index contributed by atoms with van der Waals surface area (Å²) < 4.78 is 17.4. The van der Waals surface area contributed by atoms with E-state index in [0.29, 0.717) is 12.8 Å². The van der Waals surface area contributed by atoms with Gasteiger partial charge in [-0.15, -0.1) is 0 Å². The molecule has 1 amide bonds. The van der Waals surface area contributed by atoms with Crippen LogP contribution < -0.4 is 5.32 Å². The van der Waals surface area contributed by atoms with E-state index in [1.807, 2.05) is 20.8 Å². The largest absolute Gasteiger partial charge is 0.397 e. The summed E-state index contributed by atoms with van der Waals surface area (Å²) >= 11 is 0. The molecule has 3 N–H and O–H groups in total. The third kappa shape index (κ3) is 17.1. The first kappa shape index (κ1) is 42.8. The van der Waals surface area contributed by atoms with Crippen molar-refractivity contribution in [3.05, 3.63) is 12.2 Å². The van der Waals surface area contributed by atoms with Gasteiger partial charge in [-0.05, 0) is 57.8 Å². The van der Waals surface area contributed by atoms with Crippen LogP contribution in [0.2, 0.25) is 0 Å². The number of unbranched alkanes of at least 4 members (excludes halogenated alkanes) is 2. The zero-order valence-electron chi connectivity index (χ0n) is 28.7. The van der Waals surface area contributed by atoms with Crippen molar-refractivity contribution in [1.82, 2.24) is 5.32 Å². The van der Waals surface area contributed by atoms with Crippen molar-refractivity contribution < 1.29 is 34.0 Å². The van der Waals surface area contributed by atoms with Crippen LogP contribution in [0.15, 0.2) is 12.2 Å². The molecule has 0 saturated carbocycles. The summed E-state index contributed by atoms with van der Waals surface area (Å²) in [6, 6.07) is 0.0346. The fraction of sp³-hybridized carbons (Fsp3) is 0.882. The number of rotatable bonds is 19. The lowest BCUT2D eigenvalue weighted by molar-refractivity contribution is -0.147. The number of aldehydes is 1. The summed E-state index contributed by atoms with van der Waals surface area (Å²) in [6.45, 7) is 20.6. The number of aliphatic hydroxyl groups excluding tert-OH is 2. The number of hydrogen-bond donors (Lipinski definition) is 3. The molecule has 1 aliphatic heterocycles. The van der Waals surface area contributed by atoms with Crippen molar-refractivity contribution in [3.8, 4) is 0 Å². The Morgan fingerprint density at radius 3 is 2.24 bits per heavy atom. The molecule has 0 spiro atoms. The second-order valence-corrected chi connectivity index (χ2v) is 11.9. The van der Waals surface area contributed by atoms with Crippen molar-refractivity contribution in [2.75, 3.05) is 20.8 Å². The van der Waals surface area contributed by atoms with Crippen molar-refractivity contribution in [2.45, 2.75) is 163 Å². The summed E-state index contributed by atoms with van der Waals surface area (Å²) in [5.41, 5.74) is 1.00. The lowest BCUT2D eigenvalue weighted by Crippen LogP contribution is -2.50. The summed E-state index contributed by atoms with van der Waals surface area (Å²) in [5.74, 6) is -0.123. The number of carbonyl (C=O) groups is 2. The molecule has 42 heavy (non-hydrogen) atoms. The van der Waals surface area contributed by atoms with Crippen molar-refractivity contribution >= 4 is 12.2 Å². The van der Waals surface area contributed by atoms with E-state index in [1.165, 1.54) is 0 Å². The fourth-order valence-corrected chi connectivity index (χ4v) is 5.36. The molecular weight excluding hydrogens is 534 g/mol. The van der Waals surface area contributed by atoms with Gasteiger partial charge < -0.3 is 34.5 Å². The molecule has 1 fully saturated rings. The molecule has 0 aromatic heterocycles. The number of amides is 1. The molecule has 1 aliphatic rings. The average Bonchev–Trinajstić information content (AvgIpc) is 2.96. The summed E-state index contributed by atoms with van der Waals surface area (Å²) in [7, 11) is 3.48. The first-order chi connectivity index (χ1) is 19.9. The number of hydrogen-bond acceptors (Lipinski definition) is 7. The maximum absolute atomic E-state index is 12.8. The SMILES string of the molecule is C=C1CC(C(O)C(=O)N[C@@H](CCC)CCCCC(C)(C)C(CC(CCCC=O)OC)OC)OC(C)C1C.CC.CCO. The molecule has 8 nitrogen and oxygen atoms in total. The standard InChI is InChI=1S/C30H55NO6.C2H6O.C2H6/c1-9-14-24(31-29(34)28(33)26-19-21(2)22(3)23(4)37-26)15-10-12-17-30(5,6)27(36-8)20-25(35-7)16-11-13-18-32;1-2-3;1-2/h18,22-28,33H,2,9-17,19-20H2,1,3-8H3,(H,31,34);3H,2H2,1H3;1-2H3/t22?,23?,24-,25?,26?,27?,28?;;/m0../s1. The van der Waals surface area contributed by atoms with Crippen LogP contribution in [0.4, 0.5) is 0 Å². The molecule has 0 aromatic carbocycles. The maximum atomic E-state index is 12.8. The first-order valence-electron chi connectivity index (χ1n) is 16.3. The van der Waals surface area contributed by atoms with Gasteiger partial charge in [-0.2, -0.15) is 0 Å². The quantitative estimate of drug-likeness (QED) is 0.0891. The second kappa shape index (κ2) is 25.1. The molecular formula is C34H67NO7. The number of carbonyl (C=O) groups excluding carboxylic acids is 2. The average molecular weight is 602 g/mol. The summed E-state index contributed by atoms with van der Waals surface area (Å²) in [5, 5.41) is 21.3. The van der Waals surface area contributed by atoms with E-state index in [4.69, 9.17) is 19.3 Å². The Bertz CT molecular complexity index is 699. The number of methoxy groups -OCH3 is 2. The van der Waals surface area contributed by atoms with E-state index in [0.717, 1.165) is 69.6 Å². The summed E-state index contributed by atoms with van der Waals surface area (Å²) in [6.07, 6.45) is 8.60. The van der Waals surface area contributed by atoms with Crippen LogP contribution in [-0.4, -0.2) is 79.8 Å². The van der Waals surface area contributed by atoms with Crippen LogP contribution in [0.1, 0.15) is 126 Å². The Hall–Kier alpha value is -1.32. The van der Waals surface area contributed by atoms with Gasteiger partial charge in [0.15, 0.2) is 6.10 Å². The smallest absolute Gasteiger partial charge is 0.251 e. The highest BCUT2D eigenvalue weighted by molar-refractivity contribution is 5.81. The Balaban J connectivity index is 0. The minimum atomic E-state index is -1.19. The predicted octanol–water partition coefficient (Wildman–Crippen LogP) is 6.40. The maximum Gasteiger partial charge on any atom is 0.251 e. The molecule has 1 heterocycles. The third-order valence-electron chi connectivity index (χ3n) is 8.24. The second-order valence-electron chi connectivity index (χ2n) is 11.9. The molecule has 6 unspecified atom stereocenters. The highest BCUT2D eigenvalue weighted by Gasteiger charge is 2.36. The lowest BCUT2D eigenvalue weighted by Gasteiger charge is -2.36. The Morgan fingerprint density at radius 1 is 1.12 bits per heavy atom. The van der Waals surface area contributed by atoms with Gasteiger partial charge in [-0.3, -0.25) is 4.79 Å². The number of ether oxygens (including phenoxy) is 3. The van der Waals surface area contributed by atoms with E-state index in [9.17, 15) is 14.7 Å². The molecule has 1 rings (SSSR count). The minimum absolute atomic E-state index is 0.0234. The van der Waals surface area contributed by atoms with Gasteiger partial charge in [0.1, 0.15) is 6.29 Å². The van der Waals surface area contributed by atoms with E-state index in [1.54, 1.807) is 21.1 Å². The van der Waals surface area contributed by atoms with Crippen molar-refractivity contribution in [3.63, 3.8) is 0 Å². The van der Waals surface area contributed by atoms with Gasteiger partial charge in [-0.1, -0.05) is 73.0 Å². The van der Waals surface area contributed by atoms with Crippen LogP contribution in [0, 0.1) is 11.3 Å². The molecule has 8 heteroatoms. The summed E-state index contributed by atoms with van der Waals surface area (Å²) in [4.78, 5) is 23.5. The van der Waals surface area contributed by atoms with Gasteiger partial charge in [0.25, 0.3) is 5.91 Å². The van der Waals surface area contributed by atoms with E-state index in [-0.39, 0.29) is 48.2 Å². The molecule has 7 atom stereocenters. The van der Waals surface area contributed by atoms with E-state index in [2.05, 4.69) is 39.6 Å². The molecule has 0 aromatic rings. The monoisotopic (exact) mass is 601 g/mol. The molecule has 0 bridgehead atoms. The van der Waals surface area contributed by atoms with Gasteiger partial charge in [-0.25, -0.2) is 0 Å². The molecule has 0 aliphatic carbocycles. The van der Waals surface area contributed by atoms with Crippen LogP contribution in [0.25, 0.3) is 0 Å². The Labute approximate surface area is 258 Å². The zero-order valence-corrected chi connectivity index (χ0v) is 28.7. The molecule has 1 saturated heterocycles. The fourth-order valence-electron chi connectivity index (χ4n) is 5.36. The highest BCUT2D eigenvalue weighted by Crippen LogP contribution is 2.34. The number of nitrogens with one attached hydrogen (secondary N) is 1. The van der Waals surface area contributed by atoms with E-state index >= 15 is 0 Å². The van der Waals surface area contributed by atoms with E-state index < -0.39 is 12.2 Å². The van der Waals surface area contributed by atoms with Gasteiger partial charge in [0, 0.05) is 45.6 Å². The molecule has 0 radical (unpaired) electrons. The lowest BCUT2D eigenvalue weighted by atomic mass is 9.78. The number of aliphatic hydroxyl groups is 2. The first-order valence-corrected chi connectivity index (χ1v) is 16.3. The van der Waals surface area contributed by atoms with Gasteiger partial charge in [0.05, 0.1) is 24.4 Å². The Kier molecular flexibility index (Phi) is 25.5. The zero-order chi connectivity index (χ0) is 32.7. The van der Waals surface area contributed by atoms with Crippen LogP contribution in [-0.2, 0) is 23.8 Å². The van der Waals surface area contributed by atoms with Crippen molar-refractivity contribution in [2.24, 2.45) is 11.3 Å². The predicted molar refractivity (Wildman–Crippen MR) is 173 cm³/mol.